The van der Waals surface area contributed by atoms with Crippen molar-refractivity contribution >= 4 is 12.4 Å². The number of ether oxygens (including phenoxy) is 2. The summed E-state index contributed by atoms with van der Waals surface area (Å²) in [6.45, 7) is 0.539. The van der Waals surface area contributed by atoms with Gasteiger partial charge in [0.15, 0.2) is 11.5 Å². The zero-order chi connectivity index (χ0) is 14.5. The van der Waals surface area contributed by atoms with Crippen LogP contribution in [0.15, 0.2) is 18.2 Å². The average molecular weight is 316 g/mol. The first-order valence-corrected chi connectivity index (χ1v) is 7.31. The summed E-state index contributed by atoms with van der Waals surface area (Å²) in [5.41, 5.74) is 7.10. The van der Waals surface area contributed by atoms with Crippen LogP contribution in [0.4, 0.5) is 0 Å². The Balaban J connectivity index is 0.00000220. The lowest BCUT2D eigenvalue weighted by molar-refractivity contribution is 0.0560. The Hall–Kier alpha value is -0.970. The third-order valence-corrected chi connectivity index (χ3v) is 4.39. The van der Waals surface area contributed by atoms with Gasteiger partial charge in [-0.15, -0.1) is 12.4 Å². The molecule has 0 radical (unpaired) electrons. The molecule has 1 aromatic rings. The lowest BCUT2D eigenvalue weighted by Crippen LogP contribution is -2.33. The van der Waals surface area contributed by atoms with Crippen LogP contribution in [0, 0.1) is 5.92 Å². The number of nitrogens with two attached hydrogens (primary N) is 1. The van der Waals surface area contributed by atoms with E-state index in [0.29, 0.717) is 12.3 Å². The first-order valence-electron chi connectivity index (χ1n) is 7.31. The van der Waals surface area contributed by atoms with E-state index in [-0.39, 0.29) is 30.3 Å². The Morgan fingerprint density at radius 3 is 2.43 bits per heavy atom. The van der Waals surface area contributed by atoms with E-state index in [0.717, 1.165) is 30.6 Å². The van der Waals surface area contributed by atoms with E-state index in [1.54, 1.807) is 14.2 Å². The van der Waals surface area contributed by atoms with E-state index in [9.17, 15) is 5.11 Å². The molecule has 0 saturated heterocycles. The molecular weight excluding hydrogens is 290 g/mol. The van der Waals surface area contributed by atoms with Crippen LogP contribution in [0.3, 0.4) is 0 Å². The Bertz CT molecular complexity index is 442. The number of rotatable bonds is 5. The molecule has 1 fully saturated rings. The zero-order valence-corrected chi connectivity index (χ0v) is 13.6. The van der Waals surface area contributed by atoms with E-state index in [1.807, 2.05) is 18.2 Å². The second-order valence-corrected chi connectivity index (χ2v) is 5.47. The third-order valence-electron chi connectivity index (χ3n) is 4.39. The molecule has 0 amide bonds. The minimum Gasteiger partial charge on any atom is -0.493 e. The molecule has 0 heterocycles. The summed E-state index contributed by atoms with van der Waals surface area (Å²) in [6.07, 6.45) is 3.96. The molecule has 21 heavy (non-hydrogen) atoms. The molecule has 3 atom stereocenters. The highest BCUT2D eigenvalue weighted by molar-refractivity contribution is 5.85. The number of benzene rings is 1. The van der Waals surface area contributed by atoms with Crippen LogP contribution in [-0.2, 0) is 0 Å². The third kappa shape index (κ3) is 4.02. The van der Waals surface area contributed by atoms with Gasteiger partial charge in [-0.25, -0.2) is 0 Å². The average Bonchev–Trinajstić information content (AvgIpc) is 2.49. The van der Waals surface area contributed by atoms with Gasteiger partial charge < -0.3 is 20.3 Å². The second-order valence-electron chi connectivity index (χ2n) is 5.47. The summed E-state index contributed by atoms with van der Waals surface area (Å²) in [6, 6.07) is 5.92. The van der Waals surface area contributed by atoms with Gasteiger partial charge in [-0.05, 0) is 43.0 Å². The van der Waals surface area contributed by atoms with Crippen LogP contribution in [0.25, 0.3) is 0 Å². The van der Waals surface area contributed by atoms with E-state index in [4.69, 9.17) is 15.2 Å². The van der Waals surface area contributed by atoms with Crippen molar-refractivity contribution in [1.29, 1.82) is 0 Å². The molecule has 120 valence electrons. The molecule has 2 rings (SSSR count). The predicted octanol–water partition coefficient (Wildman–Crippen LogP) is 2.72. The van der Waals surface area contributed by atoms with E-state index < -0.39 is 0 Å². The maximum atomic E-state index is 10.2. The summed E-state index contributed by atoms with van der Waals surface area (Å²) in [5, 5.41) is 10.2. The Labute approximate surface area is 133 Å². The Kier molecular flexibility index (Phi) is 7.29. The van der Waals surface area contributed by atoms with Gasteiger partial charge in [-0.3, -0.25) is 0 Å². The van der Waals surface area contributed by atoms with Gasteiger partial charge in [0.05, 0.1) is 20.3 Å². The minimum absolute atomic E-state index is 0. The molecule has 1 aromatic carbocycles. The quantitative estimate of drug-likeness (QED) is 0.877. The van der Waals surface area contributed by atoms with Crippen molar-refractivity contribution in [3.63, 3.8) is 0 Å². The number of hydrogen-bond donors (Lipinski definition) is 2. The molecule has 0 aliphatic heterocycles. The first kappa shape index (κ1) is 18.1. The summed E-state index contributed by atoms with van der Waals surface area (Å²) in [4.78, 5) is 0. The summed E-state index contributed by atoms with van der Waals surface area (Å²) in [5.74, 6) is 1.85. The van der Waals surface area contributed by atoms with Gasteiger partial charge in [0.1, 0.15) is 0 Å². The predicted molar refractivity (Wildman–Crippen MR) is 86.6 cm³/mol. The normalized spacial score (nSPS) is 23.0. The fraction of sp³-hybridized carbons (Fsp3) is 0.625. The second kappa shape index (κ2) is 8.47. The van der Waals surface area contributed by atoms with Gasteiger partial charge in [-0.1, -0.05) is 18.9 Å². The van der Waals surface area contributed by atoms with Gasteiger partial charge in [-0.2, -0.15) is 0 Å². The summed E-state index contributed by atoms with van der Waals surface area (Å²) >= 11 is 0. The summed E-state index contributed by atoms with van der Waals surface area (Å²) in [7, 11) is 3.26. The molecule has 0 aromatic heterocycles. The van der Waals surface area contributed by atoms with Crippen LogP contribution in [0.5, 0.6) is 11.5 Å². The molecule has 1 aliphatic rings. The van der Waals surface area contributed by atoms with Gasteiger partial charge in [0.25, 0.3) is 0 Å². The molecule has 0 spiro atoms. The van der Waals surface area contributed by atoms with Crippen molar-refractivity contribution in [3.05, 3.63) is 23.8 Å². The lowest BCUT2D eigenvalue weighted by Gasteiger charge is -2.34. The van der Waals surface area contributed by atoms with Crippen molar-refractivity contribution < 1.29 is 14.6 Å². The van der Waals surface area contributed by atoms with Gasteiger partial charge in [0, 0.05) is 5.92 Å². The molecule has 0 unspecified atom stereocenters. The van der Waals surface area contributed by atoms with Crippen LogP contribution < -0.4 is 15.2 Å². The van der Waals surface area contributed by atoms with Crippen LogP contribution in [0.2, 0.25) is 0 Å². The smallest absolute Gasteiger partial charge is 0.160 e. The number of halogens is 1. The fourth-order valence-electron chi connectivity index (χ4n) is 3.25. The highest BCUT2D eigenvalue weighted by atomic mass is 35.5. The highest BCUT2D eigenvalue weighted by Crippen LogP contribution is 2.38. The topological polar surface area (TPSA) is 64.7 Å². The first-order chi connectivity index (χ1) is 9.71. The Morgan fingerprint density at radius 1 is 1.19 bits per heavy atom. The number of methoxy groups -OCH3 is 2. The van der Waals surface area contributed by atoms with E-state index in [2.05, 4.69) is 0 Å². The van der Waals surface area contributed by atoms with Gasteiger partial charge >= 0.3 is 0 Å². The number of hydrogen-bond acceptors (Lipinski definition) is 4. The van der Waals surface area contributed by atoms with E-state index >= 15 is 0 Å². The molecule has 4 nitrogen and oxygen atoms in total. The van der Waals surface area contributed by atoms with Crippen LogP contribution in [-0.4, -0.2) is 32.0 Å². The van der Waals surface area contributed by atoms with Crippen molar-refractivity contribution in [1.82, 2.24) is 0 Å². The molecule has 5 heteroatoms. The molecule has 3 N–H and O–H groups in total. The maximum Gasteiger partial charge on any atom is 0.160 e. The SMILES string of the molecule is COc1ccc([C@H](CN)[C@@H]2CCCC[C@@H]2O)cc1OC.Cl. The van der Waals surface area contributed by atoms with Crippen molar-refractivity contribution in [2.45, 2.75) is 37.7 Å². The highest BCUT2D eigenvalue weighted by Gasteiger charge is 2.31. The monoisotopic (exact) mass is 315 g/mol. The molecule has 1 aliphatic carbocycles. The lowest BCUT2D eigenvalue weighted by atomic mass is 9.75. The zero-order valence-electron chi connectivity index (χ0n) is 12.7. The molecule has 0 bridgehead atoms. The maximum absolute atomic E-state index is 10.2. The fourth-order valence-corrected chi connectivity index (χ4v) is 3.25. The number of aliphatic hydroxyl groups excluding tert-OH is 1. The van der Waals surface area contributed by atoms with Crippen LogP contribution >= 0.6 is 12.4 Å². The van der Waals surface area contributed by atoms with Crippen molar-refractivity contribution in [2.75, 3.05) is 20.8 Å². The largest absolute Gasteiger partial charge is 0.493 e. The summed E-state index contributed by atoms with van der Waals surface area (Å²) < 4.78 is 10.6. The number of aliphatic hydroxyl groups is 1. The van der Waals surface area contributed by atoms with Crippen molar-refractivity contribution in [3.8, 4) is 11.5 Å². The minimum atomic E-state index is -0.245. The molecular formula is C16H26ClNO3. The van der Waals surface area contributed by atoms with Crippen molar-refractivity contribution in [2.24, 2.45) is 11.7 Å². The Morgan fingerprint density at radius 2 is 1.86 bits per heavy atom. The van der Waals surface area contributed by atoms with E-state index in [1.165, 1.54) is 6.42 Å². The van der Waals surface area contributed by atoms with Gasteiger partial charge in [0.2, 0.25) is 0 Å². The van der Waals surface area contributed by atoms with Crippen LogP contribution in [0.1, 0.15) is 37.2 Å². The standard InChI is InChI=1S/C16H25NO3.ClH/c1-19-15-8-7-11(9-16(15)20-2)13(10-17)12-5-3-4-6-14(12)18;/h7-9,12-14,18H,3-6,10,17H2,1-2H3;1H/t12-,13-,14-;/m0./s1. The molecule has 1 saturated carbocycles.